The molecule has 1 rings (SSSR count). The molecule has 0 aromatic heterocycles. The molecule has 0 aliphatic carbocycles. The standard InChI is InChI=1S/C14H27N3O2S/c1-13(2)9-17(10-14(3,4)19-13)8-12(18)16(5)7-6-11(15)20/h6-10H2,1-5H3,(H2,15,20). The number of ether oxygens (including phenoxy) is 1. The molecule has 1 saturated heterocycles. The Labute approximate surface area is 127 Å². The van der Waals surface area contributed by atoms with Crippen LogP contribution in [-0.2, 0) is 9.53 Å². The SMILES string of the molecule is CN(CCC(N)=S)C(=O)CN1CC(C)(C)OC(C)(C)C1. The topological polar surface area (TPSA) is 58.8 Å². The highest BCUT2D eigenvalue weighted by Crippen LogP contribution is 2.27. The maximum Gasteiger partial charge on any atom is 0.236 e. The second-order valence-electron chi connectivity index (χ2n) is 6.80. The molecule has 0 saturated carbocycles. The van der Waals surface area contributed by atoms with Gasteiger partial charge in [-0.2, -0.15) is 0 Å². The highest BCUT2D eigenvalue weighted by molar-refractivity contribution is 7.80. The zero-order valence-corrected chi connectivity index (χ0v) is 14.0. The Kier molecular flexibility index (Phi) is 5.52. The zero-order chi connectivity index (χ0) is 15.6. The fourth-order valence-corrected chi connectivity index (χ4v) is 2.86. The van der Waals surface area contributed by atoms with Crippen LogP contribution in [0.25, 0.3) is 0 Å². The second-order valence-corrected chi connectivity index (χ2v) is 7.32. The lowest BCUT2D eigenvalue weighted by molar-refractivity contribution is -0.182. The minimum atomic E-state index is -0.237. The molecule has 1 aliphatic rings. The highest BCUT2D eigenvalue weighted by Gasteiger charge is 2.38. The predicted molar refractivity (Wildman–Crippen MR) is 84.7 cm³/mol. The highest BCUT2D eigenvalue weighted by atomic mass is 32.1. The number of hydrogen-bond donors (Lipinski definition) is 1. The van der Waals surface area contributed by atoms with Gasteiger partial charge in [0.1, 0.15) is 0 Å². The number of morpholine rings is 1. The Morgan fingerprint density at radius 3 is 2.25 bits per heavy atom. The van der Waals surface area contributed by atoms with Gasteiger partial charge in [0.2, 0.25) is 5.91 Å². The van der Waals surface area contributed by atoms with E-state index in [-0.39, 0.29) is 17.1 Å². The Balaban J connectivity index is 2.54. The van der Waals surface area contributed by atoms with Gasteiger partial charge in [-0.1, -0.05) is 12.2 Å². The fraction of sp³-hybridized carbons (Fsp3) is 0.857. The molecule has 0 atom stereocenters. The number of hydrogen-bond acceptors (Lipinski definition) is 4. The first-order chi connectivity index (χ1) is 9.01. The lowest BCUT2D eigenvalue weighted by atomic mass is 9.99. The van der Waals surface area contributed by atoms with Gasteiger partial charge >= 0.3 is 0 Å². The van der Waals surface area contributed by atoms with Crippen molar-refractivity contribution in [2.45, 2.75) is 45.3 Å². The summed E-state index contributed by atoms with van der Waals surface area (Å²) in [7, 11) is 1.79. The van der Waals surface area contributed by atoms with Crippen molar-refractivity contribution in [3.05, 3.63) is 0 Å². The van der Waals surface area contributed by atoms with Crippen molar-refractivity contribution in [3.8, 4) is 0 Å². The smallest absolute Gasteiger partial charge is 0.236 e. The number of likely N-dealkylation sites (N-methyl/N-ethyl adjacent to an activating group) is 1. The van der Waals surface area contributed by atoms with Crippen molar-refractivity contribution in [1.82, 2.24) is 9.80 Å². The third-order valence-electron chi connectivity index (χ3n) is 3.24. The molecule has 5 nitrogen and oxygen atoms in total. The lowest BCUT2D eigenvalue weighted by Crippen LogP contribution is -2.58. The summed E-state index contributed by atoms with van der Waals surface area (Å²) >= 11 is 4.83. The van der Waals surface area contributed by atoms with E-state index < -0.39 is 0 Å². The average molecular weight is 301 g/mol. The van der Waals surface area contributed by atoms with Crippen LogP contribution in [0.15, 0.2) is 0 Å². The molecule has 0 aromatic rings. The first kappa shape index (κ1) is 17.3. The van der Waals surface area contributed by atoms with Crippen molar-refractivity contribution in [2.75, 3.05) is 33.2 Å². The molecule has 6 heteroatoms. The first-order valence-corrected chi connectivity index (χ1v) is 7.36. The number of nitrogens with two attached hydrogens (primary N) is 1. The van der Waals surface area contributed by atoms with Crippen LogP contribution in [0.1, 0.15) is 34.1 Å². The molecule has 116 valence electrons. The summed E-state index contributed by atoms with van der Waals surface area (Å²) in [6.45, 7) is 10.7. The predicted octanol–water partition coefficient (Wildman–Crippen LogP) is 1.01. The summed E-state index contributed by atoms with van der Waals surface area (Å²) in [5.41, 5.74) is 4.99. The molecule has 0 aromatic carbocycles. The third-order valence-corrected chi connectivity index (χ3v) is 3.44. The maximum absolute atomic E-state index is 12.2. The Morgan fingerprint density at radius 2 is 1.80 bits per heavy atom. The molecule has 1 amide bonds. The van der Waals surface area contributed by atoms with E-state index in [0.29, 0.717) is 24.5 Å². The number of amides is 1. The van der Waals surface area contributed by atoms with E-state index in [1.807, 2.05) is 0 Å². The van der Waals surface area contributed by atoms with Gasteiger partial charge in [0.15, 0.2) is 0 Å². The van der Waals surface area contributed by atoms with E-state index in [2.05, 4.69) is 32.6 Å². The van der Waals surface area contributed by atoms with E-state index in [0.717, 1.165) is 13.1 Å². The first-order valence-electron chi connectivity index (χ1n) is 6.96. The Morgan fingerprint density at radius 1 is 1.30 bits per heavy atom. The normalized spacial score (nSPS) is 21.4. The van der Waals surface area contributed by atoms with E-state index in [1.54, 1.807) is 11.9 Å². The van der Waals surface area contributed by atoms with Gasteiger partial charge in [-0.05, 0) is 27.7 Å². The van der Waals surface area contributed by atoms with E-state index in [9.17, 15) is 4.79 Å². The molecule has 2 N–H and O–H groups in total. The monoisotopic (exact) mass is 301 g/mol. The van der Waals surface area contributed by atoms with Crippen LogP contribution in [0, 0.1) is 0 Å². The Bertz CT molecular complexity index is 367. The van der Waals surface area contributed by atoms with Crippen LogP contribution in [0.5, 0.6) is 0 Å². The summed E-state index contributed by atoms with van der Waals surface area (Å²) in [6, 6.07) is 0. The maximum atomic E-state index is 12.2. The summed E-state index contributed by atoms with van der Waals surface area (Å²) in [6.07, 6.45) is 0.567. The third kappa shape index (κ3) is 5.73. The zero-order valence-electron chi connectivity index (χ0n) is 13.2. The number of carbonyl (C=O) groups is 1. The fourth-order valence-electron chi connectivity index (χ4n) is 2.77. The molecule has 1 fully saturated rings. The summed E-state index contributed by atoms with van der Waals surface area (Å²) in [5, 5.41) is 0. The van der Waals surface area contributed by atoms with Crippen LogP contribution >= 0.6 is 12.2 Å². The van der Waals surface area contributed by atoms with Crippen molar-refractivity contribution in [2.24, 2.45) is 5.73 Å². The van der Waals surface area contributed by atoms with Gasteiger partial charge in [0.25, 0.3) is 0 Å². The average Bonchev–Trinajstić information content (AvgIpc) is 2.20. The number of nitrogens with zero attached hydrogens (tertiary/aromatic N) is 2. The summed E-state index contributed by atoms with van der Waals surface area (Å²) in [5.74, 6) is 0.0924. The molecule has 0 radical (unpaired) electrons. The van der Waals surface area contributed by atoms with Crippen LogP contribution in [0.3, 0.4) is 0 Å². The van der Waals surface area contributed by atoms with Crippen molar-refractivity contribution in [1.29, 1.82) is 0 Å². The number of carbonyl (C=O) groups excluding carboxylic acids is 1. The molecular formula is C14H27N3O2S. The van der Waals surface area contributed by atoms with Gasteiger partial charge < -0.3 is 15.4 Å². The van der Waals surface area contributed by atoms with Crippen molar-refractivity contribution < 1.29 is 9.53 Å². The summed E-state index contributed by atoms with van der Waals surface area (Å²) < 4.78 is 6.01. The largest absolute Gasteiger partial charge is 0.393 e. The molecule has 20 heavy (non-hydrogen) atoms. The van der Waals surface area contributed by atoms with Crippen molar-refractivity contribution >= 4 is 23.1 Å². The minimum absolute atomic E-state index is 0.0924. The quantitative estimate of drug-likeness (QED) is 0.768. The van der Waals surface area contributed by atoms with Crippen LogP contribution in [0.4, 0.5) is 0 Å². The lowest BCUT2D eigenvalue weighted by Gasteiger charge is -2.47. The van der Waals surface area contributed by atoms with Crippen molar-refractivity contribution in [3.63, 3.8) is 0 Å². The Hall–Kier alpha value is -0.720. The molecular weight excluding hydrogens is 274 g/mol. The number of thiocarbonyl (C=S) groups is 1. The van der Waals surface area contributed by atoms with Gasteiger partial charge in [-0.25, -0.2) is 0 Å². The van der Waals surface area contributed by atoms with Crippen LogP contribution < -0.4 is 5.73 Å². The van der Waals surface area contributed by atoms with Crippen LogP contribution in [-0.4, -0.2) is 65.1 Å². The second kappa shape index (κ2) is 6.37. The van der Waals surface area contributed by atoms with E-state index in [1.165, 1.54) is 0 Å². The van der Waals surface area contributed by atoms with E-state index >= 15 is 0 Å². The van der Waals surface area contributed by atoms with Gasteiger partial charge in [-0.15, -0.1) is 0 Å². The molecule has 1 aliphatic heterocycles. The molecule has 0 unspecified atom stereocenters. The van der Waals surface area contributed by atoms with Gasteiger partial charge in [-0.3, -0.25) is 9.69 Å². The summed E-state index contributed by atoms with van der Waals surface area (Å²) in [4.78, 5) is 16.5. The molecule has 1 heterocycles. The van der Waals surface area contributed by atoms with Crippen LogP contribution in [0.2, 0.25) is 0 Å². The van der Waals surface area contributed by atoms with Gasteiger partial charge in [0, 0.05) is 33.1 Å². The minimum Gasteiger partial charge on any atom is -0.393 e. The number of rotatable bonds is 5. The molecule has 0 spiro atoms. The molecule has 0 bridgehead atoms. The van der Waals surface area contributed by atoms with Gasteiger partial charge in [0.05, 0.1) is 22.7 Å². The van der Waals surface area contributed by atoms with E-state index in [4.69, 9.17) is 22.7 Å².